The van der Waals surface area contributed by atoms with E-state index in [0.29, 0.717) is 6.04 Å². The minimum absolute atomic E-state index is 0.353. The number of hydrogen-bond acceptors (Lipinski definition) is 5. The van der Waals surface area contributed by atoms with E-state index >= 15 is 0 Å². The third-order valence-corrected chi connectivity index (χ3v) is 2.62. The van der Waals surface area contributed by atoms with Crippen molar-refractivity contribution in [3.63, 3.8) is 0 Å². The predicted molar refractivity (Wildman–Crippen MR) is 77.1 cm³/mol. The molecule has 0 atom stereocenters. The highest BCUT2D eigenvalue weighted by atomic mass is 15.2. The molecule has 2 aromatic rings. The first-order valence-electron chi connectivity index (χ1n) is 6.34. The van der Waals surface area contributed by atoms with Gasteiger partial charge in [0.25, 0.3) is 0 Å². The molecule has 2 heterocycles. The Morgan fingerprint density at radius 2 is 2.16 bits per heavy atom. The van der Waals surface area contributed by atoms with Crippen LogP contribution < -0.4 is 10.2 Å². The SMILES string of the molecule is CC(C)Nc1cc(N(C)Cc2cccnc2)ncn1. The maximum absolute atomic E-state index is 4.30. The van der Waals surface area contributed by atoms with Gasteiger partial charge in [0.2, 0.25) is 0 Å². The van der Waals surface area contributed by atoms with Crippen LogP contribution >= 0.6 is 0 Å². The van der Waals surface area contributed by atoms with E-state index < -0.39 is 0 Å². The Morgan fingerprint density at radius 1 is 1.32 bits per heavy atom. The highest BCUT2D eigenvalue weighted by Crippen LogP contribution is 2.15. The molecule has 2 rings (SSSR count). The fourth-order valence-electron chi connectivity index (χ4n) is 1.78. The van der Waals surface area contributed by atoms with Crippen molar-refractivity contribution in [1.29, 1.82) is 0 Å². The second-order valence-corrected chi connectivity index (χ2v) is 4.78. The van der Waals surface area contributed by atoms with Gasteiger partial charge in [-0.15, -0.1) is 0 Å². The summed E-state index contributed by atoms with van der Waals surface area (Å²) in [4.78, 5) is 14.7. The van der Waals surface area contributed by atoms with Gasteiger partial charge in [-0.2, -0.15) is 0 Å². The molecule has 1 N–H and O–H groups in total. The minimum Gasteiger partial charge on any atom is -0.368 e. The highest BCUT2D eigenvalue weighted by molar-refractivity contribution is 5.48. The summed E-state index contributed by atoms with van der Waals surface area (Å²) in [6, 6.07) is 6.30. The van der Waals surface area contributed by atoms with Crippen LogP contribution in [0.3, 0.4) is 0 Å². The van der Waals surface area contributed by atoms with Gasteiger partial charge in [-0.25, -0.2) is 9.97 Å². The molecule has 0 amide bonds. The van der Waals surface area contributed by atoms with Crippen molar-refractivity contribution in [3.8, 4) is 0 Å². The van der Waals surface area contributed by atoms with Gasteiger partial charge < -0.3 is 10.2 Å². The summed E-state index contributed by atoms with van der Waals surface area (Å²) in [6.45, 7) is 4.94. The lowest BCUT2D eigenvalue weighted by Gasteiger charge is -2.19. The molecule has 5 heteroatoms. The molecule has 0 aliphatic rings. The largest absolute Gasteiger partial charge is 0.368 e. The van der Waals surface area contributed by atoms with Crippen LogP contribution in [0.2, 0.25) is 0 Å². The number of nitrogens with one attached hydrogen (secondary N) is 1. The molecule has 19 heavy (non-hydrogen) atoms. The van der Waals surface area contributed by atoms with E-state index in [1.165, 1.54) is 0 Å². The van der Waals surface area contributed by atoms with Crippen molar-refractivity contribution in [3.05, 3.63) is 42.5 Å². The topological polar surface area (TPSA) is 53.9 Å². The van der Waals surface area contributed by atoms with Gasteiger partial charge >= 0.3 is 0 Å². The molecular weight excluding hydrogens is 238 g/mol. The summed E-state index contributed by atoms with van der Waals surface area (Å²) in [5.74, 6) is 1.74. The predicted octanol–water partition coefficient (Wildman–Crippen LogP) is 2.33. The average Bonchev–Trinajstić information content (AvgIpc) is 2.39. The summed E-state index contributed by atoms with van der Waals surface area (Å²) >= 11 is 0. The monoisotopic (exact) mass is 257 g/mol. The molecule has 5 nitrogen and oxygen atoms in total. The van der Waals surface area contributed by atoms with Crippen molar-refractivity contribution in [2.45, 2.75) is 26.4 Å². The number of anilines is 2. The zero-order valence-electron chi connectivity index (χ0n) is 11.5. The first kappa shape index (κ1) is 13.3. The molecule has 0 aromatic carbocycles. The molecule has 0 bridgehead atoms. The summed E-state index contributed by atoms with van der Waals surface area (Å²) in [5, 5.41) is 3.27. The lowest BCUT2D eigenvalue weighted by Crippen LogP contribution is -2.19. The fraction of sp³-hybridized carbons (Fsp3) is 0.357. The Kier molecular flexibility index (Phi) is 4.28. The van der Waals surface area contributed by atoms with Crippen LogP contribution in [-0.2, 0) is 6.54 Å². The van der Waals surface area contributed by atoms with E-state index in [-0.39, 0.29) is 0 Å². The number of rotatable bonds is 5. The van der Waals surface area contributed by atoms with Crippen molar-refractivity contribution in [2.75, 3.05) is 17.3 Å². The number of nitrogens with zero attached hydrogens (tertiary/aromatic N) is 4. The van der Waals surface area contributed by atoms with Crippen LogP contribution in [0.4, 0.5) is 11.6 Å². The second kappa shape index (κ2) is 6.13. The first-order valence-corrected chi connectivity index (χ1v) is 6.34. The highest BCUT2D eigenvalue weighted by Gasteiger charge is 2.06. The van der Waals surface area contributed by atoms with Gasteiger partial charge in [0.15, 0.2) is 0 Å². The molecule has 100 valence electrons. The summed E-state index contributed by atoms with van der Waals surface area (Å²) in [6.07, 6.45) is 5.23. The van der Waals surface area contributed by atoms with Gasteiger partial charge in [0.05, 0.1) is 0 Å². The fourth-order valence-corrected chi connectivity index (χ4v) is 1.78. The molecule has 0 aliphatic heterocycles. The quantitative estimate of drug-likeness (QED) is 0.891. The zero-order chi connectivity index (χ0) is 13.7. The molecule has 0 aliphatic carbocycles. The van der Waals surface area contributed by atoms with E-state index in [1.807, 2.05) is 25.4 Å². The maximum Gasteiger partial charge on any atom is 0.134 e. The summed E-state index contributed by atoms with van der Waals surface area (Å²) < 4.78 is 0. The Bertz CT molecular complexity index is 512. The number of pyridine rings is 1. The Labute approximate surface area is 113 Å². The average molecular weight is 257 g/mol. The molecule has 0 fully saturated rings. The summed E-state index contributed by atoms with van der Waals surface area (Å²) in [5.41, 5.74) is 1.15. The third kappa shape index (κ3) is 3.91. The second-order valence-electron chi connectivity index (χ2n) is 4.78. The lowest BCUT2D eigenvalue weighted by atomic mass is 10.2. The van der Waals surface area contributed by atoms with Gasteiger partial charge in [0, 0.05) is 38.1 Å². The van der Waals surface area contributed by atoms with E-state index in [1.54, 1.807) is 12.5 Å². The summed E-state index contributed by atoms with van der Waals surface area (Å²) in [7, 11) is 2.01. The third-order valence-electron chi connectivity index (χ3n) is 2.62. The van der Waals surface area contributed by atoms with Crippen molar-refractivity contribution >= 4 is 11.6 Å². The Balaban J connectivity index is 2.08. The molecule has 0 saturated heterocycles. The minimum atomic E-state index is 0.353. The molecule has 0 spiro atoms. The first-order chi connectivity index (χ1) is 9.15. The molecule has 0 unspecified atom stereocenters. The van der Waals surface area contributed by atoms with Gasteiger partial charge in [-0.1, -0.05) is 6.07 Å². The number of aromatic nitrogens is 3. The van der Waals surface area contributed by atoms with Gasteiger partial charge in [-0.3, -0.25) is 4.98 Å². The van der Waals surface area contributed by atoms with E-state index in [4.69, 9.17) is 0 Å². The van der Waals surface area contributed by atoms with Crippen molar-refractivity contribution in [1.82, 2.24) is 15.0 Å². The van der Waals surface area contributed by atoms with Gasteiger partial charge in [0.1, 0.15) is 18.0 Å². The molecule has 2 aromatic heterocycles. The molecule has 0 radical (unpaired) electrons. The van der Waals surface area contributed by atoms with Crippen LogP contribution in [0.5, 0.6) is 0 Å². The van der Waals surface area contributed by atoms with E-state index in [2.05, 4.69) is 45.1 Å². The van der Waals surface area contributed by atoms with Crippen LogP contribution in [-0.4, -0.2) is 28.0 Å². The smallest absolute Gasteiger partial charge is 0.134 e. The van der Waals surface area contributed by atoms with E-state index in [9.17, 15) is 0 Å². The van der Waals surface area contributed by atoms with Crippen LogP contribution in [0.25, 0.3) is 0 Å². The normalized spacial score (nSPS) is 10.5. The Hall–Kier alpha value is -2.17. The van der Waals surface area contributed by atoms with Crippen molar-refractivity contribution in [2.24, 2.45) is 0 Å². The Morgan fingerprint density at radius 3 is 2.84 bits per heavy atom. The molecule has 0 saturated carbocycles. The molecular formula is C14H19N5. The zero-order valence-corrected chi connectivity index (χ0v) is 11.5. The van der Waals surface area contributed by atoms with Crippen LogP contribution in [0.15, 0.2) is 36.9 Å². The standard InChI is InChI=1S/C14H19N5/c1-11(2)18-13-7-14(17-10-16-13)19(3)9-12-5-4-6-15-8-12/h4-8,10-11H,9H2,1-3H3,(H,16,17,18). The lowest BCUT2D eigenvalue weighted by molar-refractivity contribution is 0.867. The van der Waals surface area contributed by atoms with Crippen LogP contribution in [0, 0.1) is 0 Å². The maximum atomic E-state index is 4.30. The van der Waals surface area contributed by atoms with Crippen molar-refractivity contribution < 1.29 is 0 Å². The van der Waals surface area contributed by atoms with Crippen LogP contribution in [0.1, 0.15) is 19.4 Å². The van der Waals surface area contributed by atoms with Gasteiger partial charge in [-0.05, 0) is 25.5 Å². The van der Waals surface area contributed by atoms with E-state index in [0.717, 1.165) is 23.7 Å². The number of hydrogen-bond donors (Lipinski definition) is 1.